The first-order chi connectivity index (χ1) is 12.7. The molecule has 1 amide bonds. The zero-order valence-corrected chi connectivity index (χ0v) is 14.3. The molecule has 0 saturated carbocycles. The van der Waals surface area contributed by atoms with Gasteiger partial charge in [-0.05, 0) is 40.7 Å². The van der Waals surface area contributed by atoms with E-state index >= 15 is 0 Å². The lowest BCUT2D eigenvalue weighted by molar-refractivity contribution is -0.705. The standard InChI is InChI=1S/C18H13N4O3S/c23-16(20-13-6-7-15-12(10-13)8-9-19-15)11-26-17-18(24)25-21-22(17)14-4-2-1-3-5-14/h1-10,24H,11H2/q-1/p+1. The normalized spacial score (nSPS) is 10.9. The van der Waals surface area contributed by atoms with Gasteiger partial charge in [0.15, 0.2) is 5.95 Å². The summed E-state index contributed by atoms with van der Waals surface area (Å²) in [6.07, 6.45) is 1.84. The van der Waals surface area contributed by atoms with Gasteiger partial charge in [0.2, 0.25) is 11.6 Å². The van der Waals surface area contributed by atoms with E-state index in [2.05, 4.69) is 15.6 Å². The SMILES string of the molecule is O=C(CSc1c([O-])on[n+]1-c1ccccc1)Nc1ccc2[nH]ccc2c1. The molecule has 2 aromatic carbocycles. The number of para-hydroxylation sites is 1. The molecule has 4 aromatic rings. The first-order valence-corrected chi connectivity index (χ1v) is 8.83. The van der Waals surface area contributed by atoms with E-state index in [0.29, 0.717) is 11.4 Å². The van der Waals surface area contributed by atoms with Gasteiger partial charge in [-0.15, -0.1) is 0 Å². The van der Waals surface area contributed by atoms with Crippen LogP contribution in [0, 0.1) is 0 Å². The number of aromatic nitrogens is 3. The molecule has 2 heterocycles. The fourth-order valence-electron chi connectivity index (χ4n) is 2.56. The lowest BCUT2D eigenvalue weighted by Gasteiger charge is -2.04. The highest BCUT2D eigenvalue weighted by Gasteiger charge is 2.21. The number of thioether (sulfide) groups is 1. The summed E-state index contributed by atoms with van der Waals surface area (Å²) in [7, 11) is 0. The number of rotatable bonds is 5. The number of anilines is 1. The van der Waals surface area contributed by atoms with E-state index < -0.39 is 5.95 Å². The molecule has 26 heavy (non-hydrogen) atoms. The maximum atomic E-state index is 12.2. The molecule has 0 bridgehead atoms. The van der Waals surface area contributed by atoms with E-state index in [1.54, 1.807) is 12.1 Å². The van der Waals surface area contributed by atoms with Gasteiger partial charge >= 0.3 is 0 Å². The lowest BCUT2D eigenvalue weighted by atomic mass is 10.2. The molecule has 4 rings (SSSR count). The summed E-state index contributed by atoms with van der Waals surface area (Å²) in [5.74, 6) is -0.723. The molecule has 0 aliphatic heterocycles. The largest absolute Gasteiger partial charge is 0.538 e. The Morgan fingerprint density at radius 2 is 2.08 bits per heavy atom. The number of amides is 1. The zero-order valence-electron chi connectivity index (χ0n) is 13.5. The highest BCUT2D eigenvalue weighted by atomic mass is 32.2. The van der Waals surface area contributed by atoms with Crippen molar-refractivity contribution in [2.24, 2.45) is 0 Å². The van der Waals surface area contributed by atoms with Crippen molar-refractivity contribution in [3.63, 3.8) is 0 Å². The van der Waals surface area contributed by atoms with Crippen LogP contribution in [0.15, 0.2) is 70.3 Å². The minimum absolute atomic E-state index is 0.0639. The van der Waals surface area contributed by atoms with Crippen LogP contribution < -0.4 is 15.1 Å². The van der Waals surface area contributed by atoms with Gasteiger partial charge < -0.3 is 19.9 Å². The third-order valence-electron chi connectivity index (χ3n) is 3.75. The molecule has 7 nitrogen and oxygen atoms in total. The molecule has 130 valence electrons. The number of carbonyl (C=O) groups excluding carboxylic acids is 1. The average molecular weight is 366 g/mol. The van der Waals surface area contributed by atoms with Crippen LogP contribution in [0.2, 0.25) is 0 Å². The van der Waals surface area contributed by atoms with Crippen LogP contribution in [0.1, 0.15) is 0 Å². The van der Waals surface area contributed by atoms with Crippen molar-refractivity contribution in [3.8, 4) is 11.6 Å². The van der Waals surface area contributed by atoms with Gasteiger partial charge in [0.05, 0.1) is 11.0 Å². The first-order valence-electron chi connectivity index (χ1n) is 7.85. The van der Waals surface area contributed by atoms with Crippen molar-refractivity contribution in [1.82, 2.24) is 10.3 Å². The number of hydrogen-bond donors (Lipinski definition) is 2. The second-order valence-electron chi connectivity index (χ2n) is 5.53. The Balaban J connectivity index is 1.45. The number of aromatic amines is 1. The molecule has 2 N–H and O–H groups in total. The molecular weight excluding hydrogens is 352 g/mol. The minimum atomic E-state index is -0.569. The maximum Gasteiger partial charge on any atom is 0.298 e. The second-order valence-corrected chi connectivity index (χ2v) is 6.49. The molecule has 2 aromatic heterocycles. The Hall–Kier alpha value is -3.26. The van der Waals surface area contributed by atoms with Gasteiger partial charge in [-0.2, -0.15) is 0 Å². The summed E-state index contributed by atoms with van der Waals surface area (Å²) in [5, 5.41) is 19.7. The number of nitrogens with zero attached hydrogens (tertiary/aromatic N) is 2. The molecule has 0 aliphatic rings. The smallest absolute Gasteiger partial charge is 0.298 e. The Morgan fingerprint density at radius 1 is 1.23 bits per heavy atom. The quantitative estimate of drug-likeness (QED) is 0.417. The van der Waals surface area contributed by atoms with E-state index in [1.165, 1.54) is 4.68 Å². The number of fused-ring (bicyclic) bond motifs is 1. The van der Waals surface area contributed by atoms with Crippen LogP contribution in [0.4, 0.5) is 5.69 Å². The van der Waals surface area contributed by atoms with Crippen molar-refractivity contribution in [3.05, 3.63) is 60.8 Å². The van der Waals surface area contributed by atoms with Crippen molar-refractivity contribution in [1.29, 1.82) is 0 Å². The molecule has 0 spiro atoms. The number of carbonyl (C=O) groups is 1. The Bertz CT molecular complexity index is 1060. The van der Waals surface area contributed by atoms with E-state index in [0.717, 1.165) is 22.7 Å². The van der Waals surface area contributed by atoms with E-state index in [1.807, 2.05) is 48.7 Å². The van der Waals surface area contributed by atoms with Crippen molar-refractivity contribution in [2.75, 3.05) is 11.1 Å². The Labute approximate surface area is 152 Å². The van der Waals surface area contributed by atoms with Crippen LogP contribution in [0.3, 0.4) is 0 Å². The molecule has 0 atom stereocenters. The average Bonchev–Trinajstić information content (AvgIpc) is 3.26. The van der Waals surface area contributed by atoms with Gasteiger partial charge in [-0.3, -0.25) is 4.79 Å². The fourth-order valence-corrected chi connectivity index (χ4v) is 3.31. The third-order valence-corrected chi connectivity index (χ3v) is 4.77. The van der Waals surface area contributed by atoms with Crippen LogP contribution in [0.5, 0.6) is 5.95 Å². The lowest BCUT2D eigenvalue weighted by Crippen LogP contribution is -2.35. The van der Waals surface area contributed by atoms with Crippen LogP contribution in [0.25, 0.3) is 16.6 Å². The first kappa shape index (κ1) is 16.2. The highest BCUT2D eigenvalue weighted by molar-refractivity contribution is 7.99. The van der Waals surface area contributed by atoms with Gasteiger partial charge in [-0.25, -0.2) is 0 Å². The van der Waals surface area contributed by atoms with E-state index in [4.69, 9.17) is 4.52 Å². The van der Waals surface area contributed by atoms with E-state index in [9.17, 15) is 9.90 Å². The van der Waals surface area contributed by atoms with Crippen LogP contribution in [-0.2, 0) is 4.79 Å². The molecule has 0 unspecified atom stereocenters. The molecular formula is C18H14N4O3S. The van der Waals surface area contributed by atoms with Gasteiger partial charge in [0.25, 0.3) is 5.03 Å². The number of H-pyrrole nitrogens is 1. The summed E-state index contributed by atoms with van der Waals surface area (Å²) < 4.78 is 6.14. The van der Waals surface area contributed by atoms with Gasteiger partial charge in [0, 0.05) is 34.9 Å². The summed E-state index contributed by atoms with van der Waals surface area (Å²) in [5.41, 5.74) is 2.40. The predicted octanol–water partition coefficient (Wildman–Crippen LogP) is 2.24. The van der Waals surface area contributed by atoms with Crippen molar-refractivity contribution >= 4 is 34.3 Å². The maximum absolute atomic E-state index is 12.2. The second kappa shape index (κ2) is 6.93. The van der Waals surface area contributed by atoms with Gasteiger partial charge in [0.1, 0.15) is 0 Å². The monoisotopic (exact) mass is 366 g/mol. The number of benzene rings is 2. The van der Waals surface area contributed by atoms with Crippen molar-refractivity contribution < 1.29 is 19.1 Å². The Kier molecular flexibility index (Phi) is 4.32. The molecule has 0 fully saturated rings. The van der Waals surface area contributed by atoms with Gasteiger partial charge in [-0.1, -0.05) is 18.2 Å². The zero-order chi connectivity index (χ0) is 17.9. The third kappa shape index (κ3) is 3.27. The van der Waals surface area contributed by atoms with Crippen LogP contribution in [-0.4, -0.2) is 21.9 Å². The highest BCUT2D eigenvalue weighted by Crippen LogP contribution is 2.24. The Morgan fingerprint density at radius 3 is 2.92 bits per heavy atom. The number of nitrogens with one attached hydrogen (secondary N) is 2. The molecule has 0 aliphatic carbocycles. The summed E-state index contributed by atoms with van der Waals surface area (Å²) in [6.45, 7) is 0. The summed E-state index contributed by atoms with van der Waals surface area (Å²) in [4.78, 5) is 15.3. The fraction of sp³-hybridized carbons (Fsp3) is 0.0556. The molecule has 0 saturated heterocycles. The molecule has 0 radical (unpaired) electrons. The topological polar surface area (TPSA) is 97.9 Å². The van der Waals surface area contributed by atoms with Crippen molar-refractivity contribution in [2.45, 2.75) is 5.03 Å². The van der Waals surface area contributed by atoms with Crippen LogP contribution >= 0.6 is 11.8 Å². The molecule has 8 heteroatoms. The summed E-state index contributed by atoms with van der Waals surface area (Å²) in [6, 6.07) is 16.7. The van der Waals surface area contributed by atoms with E-state index in [-0.39, 0.29) is 16.7 Å². The predicted molar refractivity (Wildman–Crippen MR) is 95.1 cm³/mol. The number of hydrogen-bond acceptors (Lipinski definition) is 5. The summed E-state index contributed by atoms with van der Waals surface area (Å²) >= 11 is 1.08. The minimum Gasteiger partial charge on any atom is -0.538 e.